The molecular weight excluding hydrogens is 150 g/mol. The lowest BCUT2D eigenvalue weighted by Gasteiger charge is -2.03. The molecule has 3 nitrogen and oxygen atoms in total. The zero-order chi connectivity index (χ0) is 8.97. The number of nitriles is 1. The maximum Gasteiger partial charge on any atom is 0.182 e. The predicted octanol–water partition coefficient (Wildman–Crippen LogP) is 1.85. The smallest absolute Gasteiger partial charge is 0.182 e. The summed E-state index contributed by atoms with van der Waals surface area (Å²) in [5, 5.41) is 10.9. The molecule has 0 saturated carbocycles. The van der Waals surface area contributed by atoms with E-state index in [1.165, 1.54) is 5.56 Å². The highest BCUT2D eigenvalue weighted by Crippen LogP contribution is 2.09. The molecule has 0 bridgehead atoms. The zero-order valence-corrected chi connectivity index (χ0v) is 7.26. The summed E-state index contributed by atoms with van der Waals surface area (Å²) in [5.41, 5.74) is 2.20. The largest absolute Gasteiger partial charge is 0.277 e. The number of nitrogens with one attached hydrogen (secondary N) is 1. The molecule has 0 aliphatic carbocycles. The third-order valence-corrected chi connectivity index (χ3v) is 1.72. The lowest BCUT2D eigenvalue weighted by atomic mass is 10.2. The summed E-state index contributed by atoms with van der Waals surface area (Å²) in [4.78, 5) is 4.25. The minimum atomic E-state index is 0.625. The molecule has 12 heavy (non-hydrogen) atoms. The van der Waals surface area contributed by atoms with Crippen LogP contribution < -0.4 is 5.32 Å². The first kappa shape index (κ1) is 8.54. The summed E-state index contributed by atoms with van der Waals surface area (Å²) in [6.45, 7) is 4.06. The molecule has 1 aromatic heterocycles. The van der Waals surface area contributed by atoms with Gasteiger partial charge in [0.2, 0.25) is 0 Å². The molecule has 0 amide bonds. The molecule has 0 atom stereocenters. The van der Waals surface area contributed by atoms with Gasteiger partial charge in [-0.1, -0.05) is 13.0 Å². The topological polar surface area (TPSA) is 48.7 Å². The Labute approximate surface area is 72.1 Å². The number of aryl methyl sites for hydroxylation is 2. The Kier molecular flexibility index (Phi) is 2.65. The number of rotatable bonds is 2. The molecule has 0 aliphatic heterocycles. The fourth-order valence-electron chi connectivity index (χ4n) is 1.06. The van der Waals surface area contributed by atoms with Crippen molar-refractivity contribution in [2.45, 2.75) is 20.3 Å². The van der Waals surface area contributed by atoms with Crippen LogP contribution in [0.4, 0.5) is 5.82 Å². The number of pyridine rings is 1. The number of anilines is 1. The fraction of sp³-hybridized carbons (Fsp3) is 0.333. The average Bonchev–Trinajstić information content (AvgIpc) is 2.09. The highest BCUT2D eigenvalue weighted by Gasteiger charge is 1.98. The quantitative estimate of drug-likeness (QED) is 0.532. The van der Waals surface area contributed by atoms with Gasteiger partial charge in [-0.25, -0.2) is 4.98 Å². The van der Waals surface area contributed by atoms with E-state index in [0.717, 1.165) is 12.1 Å². The van der Waals surface area contributed by atoms with Gasteiger partial charge in [-0.05, 0) is 25.0 Å². The van der Waals surface area contributed by atoms with E-state index in [4.69, 9.17) is 5.26 Å². The summed E-state index contributed by atoms with van der Waals surface area (Å²) in [7, 11) is 0. The van der Waals surface area contributed by atoms with Crippen LogP contribution in [0.5, 0.6) is 0 Å². The third-order valence-electron chi connectivity index (χ3n) is 1.72. The number of aromatic nitrogens is 1. The minimum Gasteiger partial charge on any atom is -0.277 e. The molecule has 0 radical (unpaired) electrons. The molecule has 0 saturated heterocycles. The highest BCUT2D eigenvalue weighted by molar-refractivity contribution is 5.41. The van der Waals surface area contributed by atoms with Crippen LogP contribution in [0.3, 0.4) is 0 Å². The zero-order valence-electron chi connectivity index (χ0n) is 7.26. The van der Waals surface area contributed by atoms with Crippen molar-refractivity contribution in [1.82, 2.24) is 4.98 Å². The fourth-order valence-corrected chi connectivity index (χ4v) is 1.06. The Bertz CT molecular complexity index is 312. The van der Waals surface area contributed by atoms with Crippen LogP contribution in [0.15, 0.2) is 12.1 Å². The minimum absolute atomic E-state index is 0.625. The molecule has 62 valence electrons. The van der Waals surface area contributed by atoms with E-state index in [-0.39, 0.29) is 0 Å². The third kappa shape index (κ3) is 1.73. The van der Waals surface area contributed by atoms with Gasteiger partial charge < -0.3 is 0 Å². The summed E-state index contributed by atoms with van der Waals surface area (Å²) in [5.74, 6) is 0.625. The molecular formula is C9H11N3. The van der Waals surface area contributed by atoms with Crippen molar-refractivity contribution < 1.29 is 0 Å². The van der Waals surface area contributed by atoms with Gasteiger partial charge in [0.15, 0.2) is 6.19 Å². The molecule has 3 heteroatoms. The normalized spacial score (nSPS) is 9.08. The van der Waals surface area contributed by atoms with Crippen molar-refractivity contribution in [2.24, 2.45) is 0 Å². The monoisotopic (exact) mass is 161 g/mol. The Morgan fingerprint density at radius 3 is 2.92 bits per heavy atom. The van der Waals surface area contributed by atoms with Crippen LogP contribution in [-0.4, -0.2) is 4.98 Å². The molecule has 1 rings (SSSR count). The Balaban J connectivity index is 2.98. The van der Waals surface area contributed by atoms with Crippen LogP contribution in [0.2, 0.25) is 0 Å². The van der Waals surface area contributed by atoms with Crippen molar-refractivity contribution in [3.63, 3.8) is 0 Å². The van der Waals surface area contributed by atoms with Crippen molar-refractivity contribution in [2.75, 3.05) is 5.32 Å². The highest BCUT2D eigenvalue weighted by atomic mass is 15.0. The second-order valence-corrected chi connectivity index (χ2v) is 2.55. The van der Waals surface area contributed by atoms with E-state index in [1.54, 1.807) is 6.07 Å². The predicted molar refractivity (Wildman–Crippen MR) is 47.6 cm³/mol. The maximum atomic E-state index is 8.35. The van der Waals surface area contributed by atoms with Crippen molar-refractivity contribution >= 4 is 5.82 Å². The van der Waals surface area contributed by atoms with Crippen LogP contribution in [0, 0.1) is 18.4 Å². The van der Waals surface area contributed by atoms with Crippen LogP contribution in [-0.2, 0) is 6.42 Å². The van der Waals surface area contributed by atoms with Gasteiger partial charge in [0.25, 0.3) is 0 Å². The SMILES string of the molecule is CCc1nc(NC#N)ccc1C. The standard InChI is InChI=1S/C9H11N3/c1-3-8-7(2)4-5-9(12-8)11-6-10/h4-5H,3H2,1-2H3,(H,11,12). The van der Waals surface area contributed by atoms with Crippen molar-refractivity contribution in [1.29, 1.82) is 5.26 Å². The number of hydrogen-bond acceptors (Lipinski definition) is 3. The Hall–Kier alpha value is -1.56. The Morgan fingerprint density at radius 2 is 2.33 bits per heavy atom. The lowest BCUT2D eigenvalue weighted by Crippen LogP contribution is -1.97. The van der Waals surface area contributed by atoms with Gasteiger partial charge in [-0.3, -0.25) is 5.32 Å². The molecule has 0 spiro atoms. The van der Waals surface area contributed by atoms with Gasteiger partial charge in [0.05, 0.1) is 0 Å². The van der Waals surface area contributed by atoms with E-state index in [1.807, 2.05) is 26.1 Å². The lowest BCUT2D eigenvalue weighted by molar-refractivity contribution is 1.01. The van der Waals surface area contributed by atoms with E-state index in [9.17, 15) is 0 Å². The number of hydrogen-bond donors (Lipinski definition) is 1. The summed E-state index contributed by atoms with van der Waals surface area (Å²) in [6, 6.07) is 3.77. The second-order valence-electron chi connectivity index (χ2n) is 2.55. The first-order chi connectivity index (χ1) is 5.77. The average molecular weight is 161 g/mol. The second kappa shape index (κ2) is 3.72. The first-order valence-electron chi connectivity index (χ1n) is 3.89. The van der Waals surface area contributed by atoms with Crippen LogP contribution in [0.1, 0.15) is 18.2 Å². The summed E-state index contributed by atoms with van der Waals surface area (Å²) in [6.07, 6.45) is 2.74. The van der Waals surface area contributed by atoms with Crippen molar-refractivity contribution in [3.05, 3.63) is 23.4 Å². The van der Waals surface area contributed by atoms with Gasteiger partial charge in [0, 0.05) is 5.69 Å². The van der Waals surface area contributed by atoms with E-state index in [2.05, 4.69) is 10.3 Å². The van der Waals surface area contributed by atoms with Crippen LogP contribution >= 0.6 is 0 Å². The molecule has 1 N–H and O–H groups in total. The van der Waals surface area contributed by atoms with Gasteiger partial charge >= 0.3 is 0 Å². The first-order valence-corrected chi connectivity index (χ1v) is 3.89. The van der Waals surface area contributed by atoms with E-state index >= 15 is 0 Å². The molecule has 1 heterocycles. The van der Waals surface area contributed by atoms with Gasteiger partial charge in [-0.15, -0.1) is 0 Å². The van der Waals surface area contributed by atoms with Gasteiger partial charge in [0.1, 0.15) is 5.82 Å². The van der Waals surface area contributed by atoms with Gasteiger partial charge in [-0.2, -0.15) is 5.26 Å². The van der Waals surface area contributed by atoms with E-state index in [0.29, 0.717) is 5.82 Å². The number of nitrogens with zero attached hydrogens (tertiary/aromatic N) is 2. The summed E-state index contributed by atoms with van der Waals surface area (Å²) < 4.78 is 0. The van der Waals surface area contributed by atoms with Crippen LogP contribution in [0.25, 0.3) is 0 Å². The Morgan fingerprint density at radius 1 is 1.58 bits per heavy atom. The maximum absolute atomic E-state index is 8.35. The molecule has 0 aromatic carbocycles. The molecule has 0 fully saturated rings. The summed E-state index contributed by atoms with van der Waals surface area (Å²) >= 11 is 0. The molecule has 0 aliphatic rings. The molecule has 0 unspecified atom stereocenters. The van der Waals surface area contributed by atoms with Crippen molar-refractivity contribution in [3.8, 4) is 6.19 Å². The molecule has 1 aromatic rings. The van der Waals surface area contributed by atoms with E-state index < -0.39 is 0 Å².